The number of methoxy groups -OCH3 is 1. The summed E-state index contributed by atoms with van der Waals surface area (Å²) in [7, 11) is 1.74. The summed E-state index contributed by atoms with van der Waals surface area (Å²) in [5.74, 6) is 0. The smallest absolute Gasteiger partial charge is 0.0917 e. The van der Waals surface area contributed by atoms with Gasteiger partial charge in [-0.2, -0.15) is 0 Å². The van der Waals surface area contributed by atoms with Crippen LogP contribution >= 0.6 is 0 Å². The van der Waals surface area contributed by atoms with Crippen LogP contribution in [0.3, 0.4) is 0 Å². The minimum Gasteiger partial charge on any atom is -0.387 e. The van der Waals surface area contributed by atoms with E-state index in [4.69, 9.17) is 4.74 Å². The third-order valence-corrected chi connectivity index (χ3v) is 3.73. The lowest BCUT2D eigenvalue weighted by Crippen LogP contribution is -2.36. The maximum absolute atomic E-state index is 10.3. The van der Waals surface area contributed by atoms with Gasteiger partial charge in [0.05, 0.1) is 12.7 Å². The molecule has 1 aliphatic heterocycles. The molecule has 1 N–H and O–H groups in total. The largest absolute Gasteiger partial charge is 0.387 e. The first-order valence-corrected chi connectivity index (χ1v) is 6.68. The number of aliphatic hydroxyl groups is 1. The molecule has 0 radical (unpaired) electrons. The highest BCUT2D eigenvalue weighted by Crippen LogP contribution is 2.22. The molecule has 3 nitrogen and oxygen atoms in total. The van der Waals surface area contributed by atoms with Gasteiger partial charge in [0, 0.05) is 19.7 Å². The van der Waals surface area contributed by atoms with Crippen molar-refractivity contribution in [3.05, 3.63) is 35.4 Å². The fourth-order valence-corrected chi connectivity index (χ4v) is 2.63. The summed E-state index contributed by atoms with van der Waals surface area (Å²) < 4.78 is 5.24. The first kappa shape index (κ1) is 13.5. The lowest BCUT2D eigenvalue weighted by Gasteiger charge is -2.26. The fraction of sp³-hybridized carbons (Fsp3) is 0.600. The zero-order chi connectivity index (χ0) is 13.0. The minimum atomic E-state index is -0.400. The number of β-amino-alcohol motifs (C(OH)–C–C–N with tert-alkyl or cyclic N) is 1. The van der Waals surface area contributed by atoms with Gasteiger partial charge in [0.2, 0.25) is 0 Å². The summed E-state index contributed by atoms with van der Waals surface area (Å²) in [6.07, 6.45) is 1.98. The third kappa shape index (κ3) is 3.31. The van der Waals surface area contributed by atoms with Gasteiger partial charge in [-0.15, -0.1) is 0 Å². The number of aliphatic hydroxyl groups excluding tert-OH is 1. The zero-order valence-corrected chi connectivity index (χ0v) is 11.3. The average Bonchev–Trinajstić information content (AvgIpc) is 2.78. The zero-order valence-electron chi connectivity index (χ0n) is 11.3. The number of benzene rings is 1. The first-order chi connectivity index (χ1) is 8.70. The standard InChI is InChI=1S/C15H23NO2/c1-12-5-7-13(8-6-12)15(17)10-16-9-3-4-14(16)11-18-2/h5-8,14-15,17H,3-4,9-11H2,1-2H3/t14-,15+/m0/s1. The van der Waals surface area contributed by atoms with Crippen molar-refractivity contribution in [1.29, 1.82) is 0 Å². The van der Waals surface area contributed by atoms with Crippen molar-refractivity contribution in [1.82, 2.24) is 4.90 Å². The van der Waals surface area contributed by atoms with Crippen LogP contribution in [0, 0.1) is 6.92 Å². The quantitative estimate of drug-likeness (QED) is 0.868. The molecule has 1 aromatic rings. The van der Waals surface area contributed by atoms with Crippen molar-refractivity contribution in [3.8, 4) is 0 Å². The number of hydrogen-bond donors (Lipinski definition) is 1. The van der Waals surface area contributed by atoms with Crippen molar-refractivity contribution in [2.24, 2.45) is 0 Å². The molecule has 1 fully saturated rings. The van der Waals surface area contributed by atoms with Crippen molar-refractivity contribution < 1.29 is 9.84 Å². The molecule has 0 saturated carbocycles. The molecule has 0 aliphatic carbocycles. The second-order valence-corrected chi connectivity index (χ2v) is 5.17. The van der Waals surface area contributed by atoms with Gasteiger partial charge in [-0.3, -0.25) is 4.90 Å². The molecule has 1 aromatic carbocycles. The van der Waals surface area contributed by atoms with E-state index in [1.807, 2.05) is 12.1 Å². The van der Waals surface area contributed by atoms with Crippen LogP contribution < -0.4 is 0 Å². The Kier molecular flexibility index (Phi) is 4.75. The molecule has 2 atom stereocenters. The highest BCUT2D eigenvalue weighted by atomic mass is 16.5. The third-order valence-electron chi connectivity index (χ3n) is 3.73. The summed E-state index contributed by atoms with van der Waals surface area (Å²) in [5, 5.41) is 10.3. The molecule has 0 aromatic heterocycles. The van der Waals surface area contributed by atoms with Crippen LogP contribution in [0.1, 0.15) is 30.1 Å². The Labute approximate surface area is 109 Å². The van der Waals surface area contributed by atoms with Crippen molar-refractivity contribution in [2.45, 2.75) is 31.9 Å². The molecule has 2 rings (SSSR count). The van der Waals surface area contributed by atoms with E-state index in [9.17, 15) is 5.11 Å². The Morgan fingerprint density at radius 3 is 2.78 bits per heavy atom. The maximum Gasteiger partial charge on any atom is 0.0917 e. The van der Waals surface area contributed by atoms with Gasteiger partial charge in [-0.25, -0.2) is 0 Å². The Morgan fingerprint density at radius 2 is 2.11 bits per heavy atom. The molecule has 0 spiro atoms. The highest BCUT2D eigenvalue weighted by molar-refractivity contribution is 5.23. The number of rotatable bonds is 5. The molecule has 0 bridgehead atoms. The predicted octanol–water partition coefficient (Wildman–Crippen LogP) is 2.14. The lowest BCUT2D eigenvalue weighted by atomic mass is 10.1. The summed E-state index contributed by atoms with van der Waals surface area (Å²) in [4.78, 5) is 2.34. The Hall–Kier alpha value is -0.900. The minimum absolute atomic E-state index is 0.400. The fourth-order valence-electron chi connectivity index (χ4n) is 2.63. The van der Waals surface area contributed by atoms with Crippen LogP contribution in [-0.2, 0) is 4.74 Å². The van der Waals surface area contributed by atoms with E-state index in [0.29, 0.717) is 12.6 Å². The van der Waals surface area contributed by atoms with E-state index in [1.54, 1.807) is 7.11 Å². The predicted molar refractivity (Wildman–Crippen MR) is 72.6 cm³/mol. The van der Waals surface area contributed by atoms with Crippen LogP contribution in [0.5, 0.6) is 0 Å². The van der Waals surface area contributed by atoms with Gasteiger partial charge in [0.1, 0.15) is 0 Å². The van der Waals surface area contributed by atoms with E-state index in [2.05, 4.69) is 24.0 Å². The molecule has 0 amide bonds. The Balaban J connectivity index is 1.94. The molecule has 1 aliphatic rings. The highest BCUT2D eigenvalue weighted by Gasteiger charge is 2.26. The van der Waals surface area contributed by atoms with Gasteiger partial charge in [-0.1, -0.05) is 29.8 Å². The van der Waals surface area contributed by atoms with E-state index < -0.39 is 6.10 Å². The molecule has 100 valence electrons. The van der Waals surface area contributed by atoms with Crippen LogP contribution in [0.25, 0.3) is 0 Å². The number of ether oxygens (including phenoxy) is 1. The molecular weight excluding hydrogens is 226 g/mol. The van der Waals surface area contributed by atoms with Gasteiger partial charge in [-0.05, 0) is 31.9 Å². The molecule has 1 saturated heterocycles. The Morgan fingerprint density at radius 1 is 1.39 bits per heavy atom. The SMILES string of the molecule is COC[C@@H]1CCCN1C[C@@H](O)c1ccc(C)cc1. The van der Waals surface area contributed by atoms with Crippen LogP contribution in [-0.4, -0.2) is 42.9 Å². The molecular formula is C15H23NO2. The van der Waals surface area contributed by atoms with Crippen molar-refractivity contribution >= 4 is 0 Å². The van der Waals surface area contributed by atoms with E-state index in [-0.39, 0.29) is 0 Å². The summed E-state index contributed by atoms with van der Waals surface area (Å²) in [6, 6.07) is 8.60. The number of likely N-dealkylation sites (tertiary alicyclic amines) is 1. The summed E-state index contributed by atoms with van der Waals surface area (Å²) >= 11 is 0. The van der Waals surface area contributed by atoms with Crippen LogP contribution in [0.4, 0.5) is 0 Å². The van der Waals surface area contributed by atoms with E-state index in [1.165, 1.54) is 18.4 Å². The Bertz CT molecular complexity index is 363. The van der Waals surface area contributed by atoms with Crippen LogP contribution in [0.2, 0.25) is 0 Å². The van der Waals surface area contributed by atoms with Gasteiger partial charge < -0.3 is 9.84 Å². The van der Waals surface area contributed by atoms with Crippen molar-refractivity contribution in [3.63, 3.8) is 0 Å². The summed E-state index contributed by atoms with van der Waals surface area (Å²) in [5.41, 5.74) is 2.23. The normalized spacial score (nSPS) is 22.3. The summed E-state index contributed by atoms with van der Waals surface area (Å²) in [6.45, 7) is 4.60. The topological polar surface area (TPSA) is 32.7 Å². The monoisotopic (exact) mass is 249 g/mol. The van der Waals surface area contributed by atoms with Gasteiger partial charge in [0.15, 0.2) is 0 Å². The first-order valence-electron chi connectivity index (χ1n) is 6.68. The van der Waals surface area contributed by atoms with Crippen LogP contribution in [0.15, 0.2) is 24.3 Å². The second-order valence-electron chi connectivity index (χ2n) is 5.17. The number of aryl methyl sites for hydroxylation is 1. The van der Waals surface area contributed by atoms with Gasteiger partial charge in [0.25, 0.3) is 0 Å². The van der Waals surface area contributed by atoms with E-state index >= 15 is 0 Å². The maximum atomic E-state index is 10.3. The van der Waals surface area contributed by atoms with Gasteiger partial charge >= 0.3 is 0 Å². The lowest BCUT2D eigenvalue weighted by molar-refractivity contribution is 0.0703. The number of hydrogen-bond acceptors (Lipinski definition) is 3. The average molecular weight is 249 g/mol. The molecule has 1 heterocycles. The molecule has 3 heteroatoms. The van der Waals surface area contributed by atoms with Crippen molar-refractivity contribution in [2.75, 3.05) is 26.8 Å². The second kappa shape index (κ2) is 6.32. The molecule has 0 unspecified atom stereocenters. The molecule has 18 heavy (non-hydrogen) atoms. The van der Waals surface area contributed by atoms with E-state index in [0.717, 1.165) is 18.7 Å². The number of nitrogens with zero attached hydrogens (tertiary/aromatic N) is 1.